The molecule has 0 aromatic heterocycles. The van der Waals surface area contributed by atoms with Gasteiger partial charge in [-0.05, 0) is 17.7 Å². The summed E-state index contributed by atoms with van der Waals surface area (Å²) in [6, 6.07) is 15.7. The van der Waals surface area contributed by atoms with E-state index in [0.717, 1.165) is 11.3 Å². The fourth-order valence-corrected chi connectivity index (χ4v) is 2.25. The Morgan fingerprint density at radius 2 is 1.86 bits per heavy atom. The number of benzene rings is 2. The molecule has 2 aromatic rings. The number of amides is 1. The monoisotopic (exact) mass is 298 g/mol. The van der Waals surface area contributed by atoms with Gasteiger partial charge in [-0.25, -0.2) is 9.40 Å². The molecule has 0 saturated carbocycles. The van der Waals surface area contributed by atoms with Gasteiger partial charge in [-0.2, -0.15) is 5.10 Å². The van der Waals surface area contributed by atoms with Crippen LogP contribution in [0.25, 0.3) is 0 Å². The first-order chi connectivity index (χ1) is 10.7. The highest BCUT2D eigenvalue weighted by atomic mass is 19.1. The Morgan fingerprint density at radius 3 is 2.64 bits per heavy atom. The molecule has 0 fully saturated rings. The topological polar surface area (TPSA) is 41.9 Å². The molecule has 1 heterocycles. The average Bonchev–Trinajstić information content (AvgIpc) is 3.05. The molecule has 112 valence electrons. The molecule has 4 nitrogen and oxygen atoms in total. The Balaban J connectivity index is 1.62. The van der Waals surface area contributed by atoms with Gasteiger partial charge in [0.15, 0.2) is 18.2 Å². The van der Waals surface area contributed by atoms with Gasteiger partial charge in [-0.1, -0.05) is 42.5 Å². The highest BCUT2D eigenvalue weighted by Crippen LogP contribution is 2.17. The van der Waals surface area contributed by atoms with Crippen molar-refractivity contribution in [3.8, 4) is 5.75 Å². The van der Waals surface area contributed by atoms with Crippen LogP contribution >= 0.6 is 0 Å². The van der Waals surface area contributed by atoms with Crippen molar-refractivity contribution in [1.29, 1.82) is 0 Å². The van der Waals surface area contributed by atoms with Crippen LogP contribution in [-0.4, -0.2) is 29.8 Å². The van der Waals surface area contributed by atoms with Gasteiger partial charge in [-0.15, -0.1) is 0 Å². The second-order valence-corrected chi connectivity index (χ2v) is 4.90. The zero-order valence-electron chi connectivity index (χ0n) is 11.9. The predicted molar refractivity (Wildman–Crippen MR) is 81.2 cm³/mol. The zero-order valence-corrected chi connectivity index (χ0v) is 11.9. The Labute approximate surface area is 127 Å². The van der Waals surface area contributed by atoms with Crippen LogP contribution in [0.1, 0.15) is 12.0 Å². The highest BCUT2D eigenvalue weighted by Gasteiger charge is 2.22. The number of rotatable bonds is 4. The van der Waals surface area contributed by atoms with Crippen molar-refractivity contribution < 1.29 is 13.9 Å². The number of ether oxygens (including phenoxy) is 1. The van der Waals surface area contributed by atoms with Gasteiger partial charge in [0, 0.05) is 6.42 Å². The van der Waals surface area contributed by atoms with Crippen LogP contribution in [0.15, 0.2) is 59.7 Å². The lowest BCUT2D eigenvalue weighted by molar-refractivity contribution is -0.132. The van der Waals surface area contributed by atoms with Crippen molar-refractivity contribution in [2.75, 3.05) is 13.2 Å². The quantitative estimate of drug-likeness (QED) is 0.871. The third-order valence-electron chi connectivity index (χ3n) is 3.38. The Morgan fingerprint density at radius 1 is 1.14 bits per heavy atom. The van der Waals surface area contributed by atoms with Gasteiger partial charge >= 0.3 is 0 Å². The molecule has 0 unspecified atom stereocenters. The number of hydrazone groups is 1. The SMILES string of the molecule is O=C(COc1ccccc1F)N1CCC(c2ccccc2)=N1. The molecule has 22 heavy (non-hydrogen) atoms. The van der Waals surface area contributed by atoms with E-state index in [1.54, 1.807) is 12.1 Å². The summed E-state index contributed by atoms with van der Waals surface area (Å²) in [7, 11) is 0. The van der Waals surface area contributed by atoms with E-state index in [2.05, 4.69) is 5.10 Å². The fraction of sp³-hybridized carbons (Fsp3) is 0.176. The van der Waals surface area contributed by atoms with Gasteiger partial charge in [0.1, 0.15) is 0 Å². The minimum absolute atomic E-state index is 0.0716. The molecular formula is C17H15FN2O2. The summed E-state index contributed by atoms with van der Waals surface area (Å²) < 4.78 is 18.6. The van der Waals surface area contributed by atoms with Gasteiger partial charge < -0.3 is 4.74 Å². The zero-order chi connectivity index (χ0) is 15.4. The smallest absolute Gasteiger partial charge is 0.280 e. The van der Waals surface area contributed by atoms with Crippen LogP contribution in [-0.2, 0) is 4.79 Å². The molecule has 3 rings (SSSR count). The molecule has 0 aliphatic carbocycles. The molecule has 1 amide bonds. The molecular weight excluding hydrogens is 283 g/mol. The van der Waals surface area contributed by atoms with Crippen LogP contribution in [0.5, 0.6) is 5.75 Å². The van der Waals surface area contributed by atoms with E-state index >= 15 is 0 Å². The maximum absolute atomic E-state index is 13.4. The lowest BCUT2D eigenvalue weighted by Gasteiger charge is -2.12. The number of hydrogen-bond acceptors (Lipinski definition) is 3. The van der Waals surface area contributed by atoms with E-state index in [-0.39, 0.29) is 18.3 Å². The third-order valence-corrected chi connectivity index (χ3v) is 3.38. The minimum atomic E-state index is -0.481. The van der Waals surface area contributed by atoms with Gasteiger partial charge in [0.05, 0.1) is 12.3 Å². The largest absolute Gasteiger partial charge is 0.481 e. The van der Waals surface area contributed by atoms with Gasteiger partial charge in [0.25, 0.3) is 5.91 Å². The number of para-hydroxylation sites is 1. The predicted octanol–water partition coefficient (Wildman–Crippen LogP) is 2.84. The van der Waals surface area contributed by atoms with Crippen molar-refractivity contribution in [3.05, 3.63) is 66.0 Å². The molecule has 0 saturated heterocycles. The van der Waals surface area contributed by atoms with Crippen LogP contribution in [0.4, 0.5) is 4.39 Å². The number of halogens is 1. The molecule has 1 aliphatic rings. The summed E-state index contributed by atoms with van der Waals surface area (Å²) in [6.07, 6.45) is 0.704. The summed E-state index contributed by atoms with van der Waals surface area (Å²) in [4.78, 5) is 12.1. The van der Waals surface area contributed by atoms with Crippen molar-refractivity contribution in [3.63, 3.8) is 0 Å². The minimum Gasteiger partial charge on any atom is -0.481 e. The molecule has 0 bridgehead atoms. The van der Waals surface area contributed by atoms with Crippen molar-refractivity contribution in [2.24, 2.45) is 5.10 Å². The maximum Gasteiger partial charge on any atom is 0.280 e. The lowest BCUT2D eigenvalue weighted by atomic mass is 10.1. The second-order valence-electron chi connectivity index (χ2n) is 4.90. The molecule has 0 spiro atoms. The van der Waals surface area contributed by atoms with E-state index in [0.29, 0.717) is 13.0 Å². The number of hydrogen-bond donors (Lipinski definition) is 0. The van der Waals surface area contributed by atoms with E-state index < -0.39 is 5.82 Å². The summed E-state index contributed by atoms with van der Waals surface area (Å²) in [6.45, 7) is 0.288. The Bertz CT molecular complexity index is 701. The van der Waals surface area contributed by atoms with Gasteiger partial charge in [-0.3, -0.25) is 4.79 Å². The standard InChI is InChI=1S/C17H15FN2O2/c18-14-8-4-5-9-16(14)22-12-17(21)20-11-10-15(19-20)13-6-2-1-3-7-13/h1-9H,10-12H2. The van der Waals surface area contributed by atoms with Crippen LogP contribution in [0.3, 0.4) is 0 Å². The molecule has 0 N–H and O–H groups in total. The number of carbonyl (C=O) groups excluding carboxylic acids is 1. The van der Waals surface area contributed by atoms with E-state index in [1.165, 1.54) is 17.1 Å². The van der Waals surface area contributed by atoms with Crippen molar-refractivity contribution >= 4 is 11.6 Å². The first-order valence-corrected chi connectivity index (χ1v) is 7.04. The Hall–Kier alpha value is -2.69. The summed E-state index contributed by atoms with van der Waals surface area (Å²) in [5.74, 6) is -0.693. The van der Waals surface area contributed by atoms with E-state index in [1.807, 2.05) is 30.3 Å². The molecule has 0 atom stereocenters. The highest BCUT2D eigenvalue weighted by molar-refractivity contribution is 6.02. The Kier molecular flexibility index (Phi) is 4.14. The van der Waals surface area contributed by atoms with Crippen LogP contribution < -0.4 is 4.74 Å². The molecule has 1 aliphatic heterocycles. The summed E-state index contributed by atoms with van der Waals surface area (Å²) in [5.41, 5.74) is 1.88. The second kappa shape index (κ2) is 6.39. The van der Waals surface area contributed by atoms with Crippen molar-refractivity contribution in [1.82, 2.24) is 5.01 Å². The number of carbonyl (C=O) groups is 1. The van der Waals surface area contributed by atoms with Crippen molar-refractivity contribution in [2.45, 2.75) is 6.42 Å². The van der Waals surface area contributed by atoms with Gasteiger partial charge in [0.2, 0.25) is 0 Å². The van der Waals surface area contributed by atoms with Crippen LogP contribution in [0, 0.1) is 5.82 Å². The first-order valence-electron chi connectivity index (χ1n) is 7.04. The normalized spacial score (nSPS) is 13.9. The fourth-order valence-electron chi connectivity index (χ4n) is 2.25. The van der Waals surface area contributed by atoms with E-state index in [9.17, 15) is 9.18 Å². The molecule has 0 radical (unpaired) electrons. The summed E-state index contributed by atoms with van der Waals surface area (Å²) >= 11 is 0. The maximum atomic E-state index is 13.4. The van der Waals surface area contributed by atoms with E-state index in [4.69, 9.17) is 4.74 Å². The first kappa shape index (κ1) is 14.3. The molecule has 5 heteroatoms. The number of nitrogens with zero attached hydrogens (tertiary/aromatic N) is 2. The summed E-state index contributed by atoms with van der Waals surface area (Å²) in [5, 5.41) is 5.70. The lowest BCUT2D eigenvalue weighted by Crippen LogP contribution is -2.29. The molecule has 2 aromatic carbocycles. The van der Waals surface area contributed by atoms with Crippen LogP contribution in [0.2, 0.25) is 0 Å². The average molecular weight is 298 g/mol. The third kappa shape index (κ3) is 3.14.